The van der Waals surface area contributed by atoms with Crippen molar-refractivity contribution in [1.82, 2.24) is 4.90 Å². The van der Waals surface area contributed by atoms with E-state index in [-0.39, 0.29) is 18.0 Å². The van der Waals surface area contributed by atoms with Gasteiger partial charge in [0.05, 0.1) is 19.3 Å². The average molecular weight is 254 g/mol. The highest BCUT2D eigenvalue weighted by molar-refractivity contribution is 5.79. The molecule has 5 unspecified atom stereocenters. The maximum absolute atomic E-state index is 12.6. The first-order chi connectivity index (χ1) is 8.50. The summed E-state index contributed by atoms with van der Waals surface area (Å²) in [5.74, 6) is 1.38. The van der Waals surface area contributed by atoms with Crippen molar-refractivity contribution in [2.75, 3.05) is 19.8 Å². The third-order valence-corrected chi connectivity index (χ3v) is 4.66. The molecule has 2 rings (SSSR count). The van der Waals surface area contributed by atoms with Crippen LogP contribution in [0.1, 0.15) is 33.6 Å². The highest BCUT2D eigenvalue weighted by Gasteiger charge is 2.38. The number of ether oxygens (including phenoxy) is 1. The highest BCUT2D eigenvalue weighted by atomic mass is 16.5. The van der Waals surface area contributed by atoms with Gasteiger partial charge in [-0.1, -0.05) is 13.8 Å². The Labute approximate surface area is 110 Å². The van der Waals surface area contributed by atoms with Gasteiger partial charge in [-0.3, -0.25) is 4.79 Å². The predicted octanol–water partition coefficient (Wildman–Crippen LogP) is 1.24. The minimum Gasteiger partial charge on any atom is -0.377 e. The van der Waals surface area contributed by atoms with Crippen LogP contribution in [0, 0.1) is 17.8 Å². The van der Waals surface area contributed by atoms with E-state index in [2.05, 4.69) is 20.8 Å². The van der Waals surface area contributed by atoms with Gasteiger partial charge in [-0.15, -0.1) is 0 Å². The molecule has 0 aromatic rings. The number of morpholine rings is 1. The number of carbonyl (C=O) groups excluding carboxylic acids is 1. The zero-order chi connectivity index (χ0) is 13.3. The van der Waals surface area contributed by atoms with Gasteiger partial charge in [0.2, 0.25) is 5.91 Å². The number of nitrogens with two attached hydrogens (primary N) is 1. The molecule has 1 aliphatic heterocycles. The lowest BCUT2D eigenvalue weighted by Gasteiger charge is -2.41. The Hall–Kier alpha value is -0.610. The van der Waals surface area contributed by atoms with Crippen molar-refractivity contribution < 1.29 is 9.53 Å². The molecule has 18 heavy (non-hydrogen) atoms. The molecule has 5 atom stereocenters. The fraction of sp³-hybridized carbons (Fsp3) is 0.929. The van der Waals surface area contributed by atoms with Crippen LogP contribution in [0.4, 0.5) is 0 Å². The summed E-state index contributed by atoms with van der Waals surface area (Å²) in [6.45, 7) is 8.51. The van der Waals surface area contributed by atoms with Crippen molar-refractivity contribution in [3.63, 3.8) is 0 Å². The molecule has 1 aliphatic carbocycles. The Balaban J connectivity index is 2.03. The standard InChI is InChI=1S/C14H26N2O2/c1-9-6-10(2)13(15)7-12(9)14(17)16-4-5-18-8-11(16)3/h9-13H,4-8,15H2,1-3H3. The quantitative estimate of drug-likeness (QED) is 0.766. The van der Waals surface area contributed by atoms with E-state index in [1.165, 1.54) is 0 Å². The average Bonchev–Trinajstić information content (AvgIpc) is 2.33. The first-order valence-corrected chi connectivity index (χ1v) is 7.14. The van der Waals surface area contributed by atoms with Crippen LogP contribution in [0.5, 0.6) is 0 Å². The van der Waals surface area contributed by atoms with Gasteiger partial charge in [-0.25, -0.2) is 0 Å². The maximum atomic E-state index is 12.6. The summed E-state index contributed by atoms with van der Waals surface area (Å²) in [5, 5.41) is 0. The molecule has 1 heterocycles. The Morgan fingerprint density at radius 3 is 2.61 bits per heavy atom. The molecule has 2 fully saturated rings. The van der Waals surface area contributed by atoms with Gasteiger partial charge in [0.15, 0.2) is 0 Å². The molecule has 4 heteroatoms. The predicted molar refractivity (Wildman–Crippen MR) is 71.0 cm³/mol. The van der Waals surface area contributed by atoms with Crippen LogP contribution in [-0.2, 0) is 9.53 Å². The Morgan fingerprint density at radius 2 is 1.94 bits per heavy atom. The molecular formula is C14H26N2O2. The normalized spacial score (nSPS) is 41.8. The summed E-state index contributed by atoms with van der Waals surface area (Å²) < 4.78 is 5.40. The molecule has 1 saturated carbocycles. The second kappa shape index (κ2) is 5.57. The van der Waals surface area contributed by atoms with E-state index in [4.69, 9.17) is 10.5 Å². The minimum atomic E-state index is 0.108. The van der Waals surface area contributed by atoms with E-state index in [0.29, 0.717) is 31.0 Å². The number of amides is 1. The maximum Gasteiger partial charge on any atom is 0.226 e. The lowest BCUT2D eigenvalue weighted by atomic mass is 9.72. The summed E-state index contributed by atoms with van der Waals surface area (Å²) in [6, 6.07) is 0.375. The van der Waals surface area contributed by atoms with E-state index in [1.807, 2.05) is 4.90 Å². The number of rotatable bonds is 1. The van der Waals surface area contributed by atoms with E-state index < -0.39 is 0 Å². The van der Waals surface area contributed by atoms with Crippen LogP contribution in [0.3, 0.4) is 0 Å². The molecule has 1 saturated heterocycles. The van der Waals surface area contributed by atoms with Gasteiger partial charge >= 0.3 is 0 Å². The van der Waals surface area contributed by atoms with E-state index in [1.54, 1.807) is 0 Å². The van der Waals surface area contributed by atoms with E-state index in [0.717, 1.165) is 19.4 Å². The third kappa shape index (κ3) is 2.69. The van der Waals surface area contributed by atoms with E-state index >= 15 is 0 Å². The molecule has 4 nitrogen and oxygen atoms in total. The van der Waals surface area contributed by atoms with Crippen molar-refractivity contribution in [3.05, 3.63) is 0 Å². The topological polar surface area (TPSA) is 55.6 Å². The van der Waals surface area contributed by atoms with Crippen LogP contribution in [0.15, 0.2) is 0 Å². The first kappa shape index (κ1) is 13.8. The molecule has 0 aromatic carbocycles. The number of nitrogens with zero attached hydrogens (tertiary/aromatic N) is 1. The molecule has 0 bridgehead atoms. The Bertz CT molecular complexity index is 308. The lowest BCUT2D eigenvalue weighted by Crippen LogP contribution is -2.52. The molecule has 2 aliphatic rings. The monoisotopic (exact) mass is 254 g/mol. The third-order valence-electron chi connectivity index (χ3n) is 4.66. The molecular weight excluding hydrogens is 228 g/mol. The number of hydrogen-bond acceptors (Lipinski definition) is 3. The molecule has 0 aromatic heterocycles. The zero-order valence-corrected chi connectivity index (χ0v) is 11.8. The van der Waals surface area contributed by atoms with Crippen molar-refractivity contribution in [2.24, 2.45) is 23.5 Å². The summed E-state index contributed by atoms with van der Waals surface area (Å²) >= 11 is 0. The summed E-state index contributed by atoms with van der Waals surface area (Å²) in [6.07, 6.45) is 1.90. The summed E-state index contributed by atoms with van der Waals surface area (Å²) in [4.78, 5) is 14.6. The SMILES string of the molecule is CC1CC(C)C(C(=O)N2CCOCC2C)CC1N. The first-order valence-electron chi connectivity index (χ1n) is 7.14. The van der Waals surface area contributed by atoms with Crippen molar-refractivity contribution in [3.8, 4) is 0 Å². The van der Waals surface area contributed by atoms with Gasteiger partial charge in [0.1, 0.15) is 0 Å². The van der Waals surface area contributed by atoms with Crippen molar-refractivity contribution in [1.29, 1.82) is 0 Å². The van der Waals surface area contributed by atoms with Crippen LogP contribution >= 0.6 is 0 Å². The molecule has 104 valence electrons. The van der Waals surface area contributed by atoms with Gasteiger partial charge in [-0.05, 0) is 31.6 Å². The van der Waals surface area contributed by atoms with Crippen molar-refractivity contribution in [2.45, 2.75) is 45.7 Å². The second-order valence-electron chi connectivity index (χ2n) is 6.15. The van der Waals surface area contributed by atoms with Crippen LogP contribution in [0.2, 0.25) is 0 Å². The van der Waals surface area contributed by atoms with Crippen LogP contribution in [-0.4, -0.2) is 42.6 Å². The van der Waals surface area contributed by atoms with Crippen LogP contribution in [0.25, 0.3) is 0 Å². The van der Waals surface area contributed by atoms with Gasteiger partial charge in [0, 0.05) is 18.5 Å². The molecule has 0 spiro atoms. The minimum absolute atomic E-state index is 0.108. The second-order valence-corrected chi connectivity index (χ2v) is 6.15. The Kier molecular flexibility index (Phi) is 4.28. The lowest BCUT2D eigenvalue weighted by molar-refractivity contribution is -0.147. The summed E-state index contributed by atoms with van der Waals surface area (Å²) in [5.41, 5.74) is 6.14. The van der Waals surface area contributed by atoms with E-state index in [9.17, 15) is 4.79 Å². The largest absolute Gasteiger partial charge is 0.377 e. The van der Waals surface area contributed by atoms with Crippen molar-refractivity contribution >= 4 is 5.91 Å². The Morgan fingerprint density at radius 1 is 1.22 bits per heavy atom. The van der Waals surface area contributed by atoms with Gasteiger partial charge in [-0.2, -0.15) is 0 Å². The molecule has 0 radical (unpaired) electrons. The molecule has 2 N–H and O–H groups in total. The number of hydrogen-bond donors (Lipinski definition) is 1. The summed E-state index contributed by atoms with van der Waals surface area (Å²) in [7, 11) is 0. The fourth-order valence-electron chi connectivity index (χ4n) is 3.30. The molecule has 1 amide bonds. The number of carbonyl (C=O) groups is 1. The highest BCUT2D eigenvalue weighted by Crippen LogP contribution is 2.34. The van der Waals surface area contributed by atoms with Gasteiger partial charge in [0.25, 0.3) is 0 Å². The van der Waals surface area contributed by atoms with Gasteiger partial charge < -0.3 is 15.4 Å². The zero-order valence-electron chi connectivity index (χ0n) is 11.8. The fourth-order valence-corrected chi connectivity index (χ4v) is 3.30. The van der Waals surface area contributed by atoms with Crippen LogP contribution < -0.4 is 5.73 Å². The smallest absolute Gasteiger partial charge is 0.226 e.